The number of benzene rings is 1. The van der Waals surface area contributed by atoms with Crippen LogP contribution in [0.1, 0.15) is 41.5 Å². The van der Waals surface area contributed by atoms with Gasteiger partial charge in [0.05, 0.1) is 17.1 Å². The van der Waals surface area contributed by atoms with Crippen LogP contribution >= 0.6 is 11.6 Å². The Bertz CT molecular complexity index is 932. The predicted octanol–water partition coefficient (Wildman–Crippen LogP) is 4.25. The second-order valence-electron chi connectivity index (χ2n) is 6.48. The lowest BCUT2D eigenvalue weighted by Crippen LogP contribution is -2.26. The molecule has 1 amide bonds. The lowest BCUT2D eigenvalue weighted by molar-refractivity contribution is 0.0787. The molecule has 2 aromatic heterocycles. The van der Waals surface area contributed by atoms with Gasteiger partial charge in [0, 0.05) is 30.4 Å². The number of fused-ring (bicyclic) bond motifs is 1. The van der Waals surface area contributed by atoms with Gasteiger partial charge in [0.25, 0.3) is 5.91 Å². The molecule has 0 aliphatic carbocycles. The van der Waals surface area contributed by atoms with Gasteiger partial charge in [0.2, 0.25) is 0 Å². The maximum absolute atomic E-state index is 13.0. The van der Waals surface area contributed by atoms with Gasteiger partial charge < -0.3 is 4.90 Å². The minimum atomic E-state index is -0.0706. The van der Waals surface area contributed by atoms with Crippen LogP contribution in [0, 0.1) is 6.92 Å². The van der Waals surface area contributed by atoms with Gasteiger partial charge in [-0.15, -0.1) is 0 Å². The third kappa shape index (κ3) is 3.37. The van der Waals surface area contributed by atoms with Gasteiger partial charge in [-0.3, -0.25) is 4.79 Å². The van der Waals surface area contributed by atoms with Crippen LogP contribution < -0.4 is 0 Å². The van der Waals surface area contributed by atoms with Crippen molar-refractivity contribution < 1.29 is 4.79 Å². The van der Waals surface area contributed by atoms with Crippen LogP contribution in [0.3, 0.4) is 0 Å². The lowest BCUT2D eigenvalue weighted by Gasteiger charge is -2.19. The summed E-state index contributed by atoms with van der Waals surface area (Å²) < 4.78 is 1.84. The summed E-state index contributed by atoms with van der Waals surface area (Å²) in [6, 6.07) is 9.55. The van der Waals surface area contributed by atoms with Gasteiger partial charge in [0.1, 0.15) is 0 Å². The highest BCUT2D eigenvalue weighted by Gasteiger charge is 2.20. The van der Waals surface area contributed by atoms with Gasteiger partial charge in [-0.05, 0) is 38.5 Å². The molecule has 1 aromatic carbocycles. The number of nitrogens with zero attached hydrogens (tertiary/aromatic N) is 4. The minimum absolute atomic E-state index is 0.0706. The number of amides is 1. The van der Waals surface area contributed by atoms with Crippen LogP contribution in [0.5, 0.6) is 0 Å². The summed E-state index contributed by atoms with van der Waals surface area (Å²) in [5.74, 6) is -0.0706. The third-order valence-electron chi connectivity index (χ3n) is 4.13. The second-order valence-corrected chi connectivity index (χ2v) is 6.89. The molecule has 25 heavy (non-hydrogen) atoms. The van der Waals surface area contributed by atoms with Crippen LogP contribution in [-0.4, -0.2) is 32.6 Å². The van der Waals surface area contributed by atoms with E-state index in [9.17, 15) is 4.79 Å². The summed E-state index contributed by atoms with van der Waals surface area (Å²) in [7, 11) is 1.78. The topological polar surface area (TPSA) is 51.0 Å². The quantitative estimate of drug-likeness (QED) is 0.702. The first-order chi connectivity index (χ1) is 11.9. The number of hydrogen-bond acceptors (Lipinski definition) is 3. The van der Waals surface area contributed by atoms with Crippen LogP contribution in [-0.2, 0) is 6.54 Å². The van der Waals surface area contributed by atoms with Crippen molar-refractivity contribution in [1.82, 2.24) is 19.7 Å². The van der Waals surface area contributed by atoms with Crippen molar-refractivity contribution in [2.75, 3.05) is 7.05 Å². The highest BCUT2D eigenvalue weighted by molar-refractivity contribution is 6.31. The number of rotatable bonds is 4. The summed E-state index contributed by atoms with van der Waals surface area (Å²) in [6.07, 6.45) is 1.72. The second kappa shape index (κ2) is 6.84. The van der Waals surface area contributed by atoms with Crippen LogP contribution in [0.25, 0.3) is 11.0 Å². The Kier molecular flexibility index (Phi) is 4.77. The number of carbonyl (C=O) groups excluding carboxylic acids is 1. The summed E-state index contributed by atoms with van der Waals surface area (Å²) in [6.45, 7) is 6.42. The maximum Gasteiger partial charge on any atom is 0.254 e. The average Bonchev–Trinajstić information content (AvgIpc) is 2.99. The molecule has 5 nitrogen and oxygen atoms in total. The van der Waals surface area contributed by atoms with Gasteiger partial charge in [0.15, 0.2) is 5.65 Å². The zero-order chi connectivity index (χ0) is 18.1. The van der Waals surface area contributed by atoms with Crippen molar-refractivity contribution in [3.8, 4) is 0 Å². The molecule has 0 unspecified atom stereocenters. The van der Waals surface area contributed by atoms with E-state index in [1.165, 1.54) is 0 Å². The fraction of sp³-hybridized carbons (Fsp3) is 0.316. The SMILES string of the molecule is Cc1cc(C(=O)N(C)Cc2ccccc2Cl)c2cnn(C(C)C)c2n1. The lowest BCUT2D eigenvalue weighted by atomic mass is 10.1. The van der Waals surface area contributed by atoms with Gasteiger partial charge in [-0.1, -0.05) is 29.8 Å². The van der Waals surface area contributed by atoms with E-state index in [1.807, 2.05) is 55.8 Å². The molecule has 3 rings (SSSR count). The Morgan fingerprint density at radius 1 is 1.32 bits per heavy atom. The van der Waals surface area contributed by atoms with E-state index in [-0.39, 0.29) is 11.9 Å². The van der Waals surface area contributed by atoms with E-state index < -0.39 is 0 Å². The van der Waals surface area contributed by atoms with E-state index in [0.717, 1.165) is 22.3 Å². The molecule has 0 atom stereocenters. The number of aromatic nitrogens is 3. The van der Waals surface area contributed by atoms with E-state index in [4.69, 9.17) is 11.6 Å². The third-order valence-corrected chi connectivity index (χ3v) is 4.50. The Hall–Kier alpha value is -2.40. The number of aryl methyl sites for hydroxylation is 1. The molecule has 0 aliphatic rings. The van der Waals surface area contributed by atoms with Crippen molar-refractivity contribution >= 4 is 28.5 Å². The number of pyridine rings is 1. The number of hydrogen-bond donors (Lipinski definition) is 0. The summed E-state index contributed by atoms with van der Waals surface area (Å²) in [5.41, 5.74) is 3.07. The highest BCUT2D eigenvalue weighted by Crippen LogP contribution is 2.23. The Balaban J connectivity index is 1.98. The normalized spacial score (nSPS) is 11.3. The van der Waals surface area contributed by atoms with Gasteiger partial charge in [-0.2, -0.15) is 5.10 Å². The fourth-order valence-electron chi connectivity index (χ4n) is 2.86. The first-order valence-corrected chi connectivity index (χ1v) is 8.60. The first-order valence-electron chi connectivity index (χ1n) is 8.22. The minimum Gasteiger partial charge on any atom is -0.337 e. The zero-order valence-corrected chi connectivity index (χ0v) is 15.6. The molecular weight excluding hydrogens is 336 g/mol. The average molecular weight is 357 g/mol. The molecule has 0 N–H and O–H groups in total. The van der Waals surface area contributed by atoms with E-state index in [0.29, 0.717) is 17.1 Å². The monoisotopic (exact) mass is 356 g/mol. The van der Waals surface area contributed by atoms with Crippen LogP contribution in [0.15, 0.2) is 36.5 Å². The van der Waals surface area contributed by atoms with Crippen molar-refractivity contribution in [3.63, 3.8) is 0 Å². The standard InChI is InChI=1S/C19H21ClN4O/c1-12(2)24-18-16(10-21-24)15(9-13(3)22-18)19(25)23(4)11-14-7-5-6-8-17(14)20/h5-10,12H,11H2,1-4H3. The van der Waals surface area contributed by atoms with Gasteiger partial charge >= 0.3 is 0 Å². The fourth-order valence-corrected chi connectivity index (χ4v) is 3.05. The van der Waals surface area contributed by atoms with E-state index in [2.05, 4.69) is 10.1 Å². The largest absolute Gasteiger partial charge is 0.337 e. The summed E-state index contributed by atoms with van der Waals surface area (Å²) >= 11 is 6.22. The summed E-state index contributed by atoms with van der Waals surface area (Å²) in [4.78, 5) is 19.3. The van der Waals surface area contributed by atoms with Crippen molar-refractivity contribution in [2.45, 2.75) is 33.4 Å². The molecule has 3 aromatic rings. The first kappa shape index (κ1) is 17.4. The van der Waals surface area contributed by atoms with E-state index >= 15 is 0 Å². The van der Waals surface area contributed by atoms with E-state index in [1.54, 1.807) is 18.1 Å². The number of carbonyl (C=O) groups is 1. The van der Waals surface area contributed by atoms with Crippen molar-refractivity contribution in [2.24, 2.45) is 0 Å². The Morgan fingerprint density at radius 2 is 2.04 bits per heavy atom. The molecule has 0 aliphatic heterocycles. The van der Waals surface area contributed by atoms with Crippen LogP contribution in [0.2, 0.25) is 5.02 Å². The molecule has 0 bridgehead atoms. The molecule has 130 valence electrons. The molecule has 0 fully saturated rings. The molecule has 0 saturated heterocycles. The Morgan fingerprint density at radius 3 is 2.72 bits per heavy atom. The highest BCUT2D eigenvalue weighted by atomic mass is 35.5. The predicted molar refractivity (Wildman–Crippen MR) is 99.9 cm³/mol. The summed E-state index contributed by atoms with van der Waals surface area (Å²) in [5, 5.41) is 5.83. The zero-order valence-electron chi connectivity index (χ0n) is 14.8. The molecule has 2 heterocycles. The smallest absolute Gasteiger partial charge is 0.254 e. The maximum atomic E-state index is 13.0. The molecule has 0 radical (unpaired) electrons. The van der Waals surface area contributed by atoms with Crippen molar-refractivity contribution in [1.29, 1.82) is 0 Å². The van der Waals surface area contributed by atoms with Gasteiger partial charge in [-0.25, -0.2) is 9.67 Å². The molecule has 6 heteroatoms. The molecular formula is C19H21ClN4O. The van der Waals surface area contributed by atoms with Crippen molar-refractivity contribution in [3.05, 3.63) is 58.4 Å². The number of halogens is 1. The Labute approximate surface area is 152 Å². The molecule has 0 spiro atoms. The molecule has 0 saturated carbocycles. The van der Waals surface area contributed by atoms with Crippen LogP contribution in [0.4, 0.5) is 0 Å².